The minimum Gasteiger partial charge on any atom is -0.362 e. The van der Waals surface area contributed by atoms with Gasteiger partial charge in [0.15, 0.2) is 5.65 Å². The van der Waals surface area contributed by atoms with Crippen LogP contribution in [0.2, 0.25) is 0 Å². The minimum absolute atomic E-state index is 0.348. The van der Waals surface area contributed by atoms with E-state index in [-0.39, 0.29) is 5.69 Å². The lowest BCUT2D eigenvalue weighted by atomic mass is 10.5. The molecular formula is C10H10N6OS. The van der Waals surface area contributed by atoms with Crippen LogP contribution in [-0.2, 0) is 6.54 Å². The van der Waals surface area contributed by atoms with Gasteiger partial charge in [0.25, 0.3) is 0 Å². The van der Waals surface area contributed by atoms with Gasteiger partial charge in [-0.2, -0.15) is 9.61 Å². The van der Waals surface area contributed by atoms with Crippen LogP contribution < -0.4 is 11.0 Å². The van der Waals surface area contributed by atoms with Crippen LogP contribution in [0.4, 0.5) is 5.82 Å². The number of hydrogen-bond donors (Lipinski definition) is 2. The van der Waals surface area contributed by atoms with E-state index in [4.69, 9.17) is 0 Å². The fourth-order valence-electron chi connectivity index (χ4n) is 1.55. The van der Waals surface area contributed by atoms with Gasteiger partial charge >= 0.3 is 5.69 Å². The number of nitrogens with one attached hydrogen (secondary N) is 2. The molecule has 2 N–H and O–H groups in total. The van der Waals surface area contributed by atoms with Crippen molar-refractivity contribution in [3.63, 3.8) is 0 Å². The van der Waals surface area contributed by atoms with Crippen molar-refractivity contribution in [2.45, 2.75) is 13.5 Å². The molecule has 0 aromatic carbocycles. The summed E-state index contributed by atoms with van der Waals surface area (Å²) in [6.07, 6.45) is 1.83. The summed E-state index contributed by atoms with van der Waals surface area (Å²) in [6, 6.07) is 3.50. The predicted octanol–water partition coefficient (Wildman–Crippen LogP) is 0.795. The topological polar surface area (TPSA) is 88.0 Å². The van der Waals surface area contributed by atoms with E-state index < -0.39 is 0 Å². The molecule has 0 amide bonds. The smallest absolute Gasteiger partial charge is 0.362 e. The highest BCUT2D eigenvalue weighted by Crippen LogP contribution is 2.12. The molecule has 3 rings (SSSR count). The molecule has 0 aliphatic carbocycles. The Morgan fingerprint density at radius 3 is 3.17 bits per heavy atom. The van der Waals surface area contributed by atoms with Gasteiger partial charge in [0.2, 0.25) is 0 Å². The Hall–Kier alpha value is -2.22. The van der Waals surface area contributed by atoms with E-state index >= 15 is 0 Å². The molecule has 0 aliphatic heterocycles. The average molecular weight is 262 g/mol. The molecule has 3 aromatic rings. The van der Waals surface area contributed by atoms with Gasteiger partial charge in [-0.15, -0.1) is 16.4 Å². The quantitative estimate of drug-likeness (QED) is 0.728. The highest BCUT2D eigenvalue weighted by Gasteiger charge is 2.03. The summed E-state index contributed by atoms with van der Waals surface area (Å²) in [7, 11) is 0. The Morgan fingerprint density at radius 2 is 2.39 bits per heavy atom. The van der Waals surface area contributed by atoms with Crippen LogP contribution in [0, 0.1) is 6.92 Å². The van der Waals surface area contributed by atoms with Crippen LogP contribution in [0.5, 0.6) is 0 Å². The van der Waals surface area contributed by atoms with Crippen LogP contribution in [0.15, 0.2) is 23.1 Å². The second-order valence-corrected chi connectivity index (χ2v) is 5.05. The summed E-state index contributed by atoms with van der Waals surface area (Å²) >= 11 is 1.63. The third-order valence-corrected chi connectivity index (χ3v) is 3.28. The second kappa shape index (κ2) is 4.22. The molecule has 0 unspecified atom stereocenters. The fraction of sp³-hybridized carbons (Fsp3) is 0.200. The van der Waals surface area contributed by atoms with Gasteiger partial charge in [-0.1, -0.05) is 0 Å². The molecule has 0 aliphatic rings. The molecule has 18 heavy (non-hydrogen) atoms. The number of fused-ring (bicyclic) bond motifs is 1. The van der Waals surface area contributed by atoms with Crippen molar-refractivity contribution in [3.05, 3.63) is 38.7 Å². The molecule has 7 nitrogen and oxygen atoms in total. The van der Waals surface area contributed by atoms with Crippen molar-refractivity contribution in [1.82, 2.24) is 24.8 Å². The maximum absolute atomic E-state index is 11.4. The number of aromatic amines is 1. The summed E-state index contributed by atoms with van der Waals surface area (Å²) in [4.78, 5) is 16.8. The summed E-state index contributed by atoms with van der Waals surface area (Å²) in [5.74, 6) is 0.610. The van der Waals surface area contributed by atoms with Gasteiger partial charge < -0.3 is 5.32 Å². The van der Waals surface area contributed by atoms with Crippen molar-refractivity contribution in [3.8, 4) is 0 Å². The Kier molecular flexibility index (Phi) is 2.56. The molecule has 0 saturated carbocycles. The van der Waals surface area contributed by atoms with E-state index in [1.807, 2.05) is 13.1 Å². The molecular weight excluding hydrogens is 252 g/mol. The van der Waals surface area contributed by atoms with E-state index in [2.05, 4.69) is 25.6 Å². The normalized spacial score (nSPS) is 10.9. The predicted molar refractivity (Wildman–Crippen MR) is 67.8 cm³/mol. The zero-order chi connectivity index (χ0) is 12.5. The molecule has 8 heteroatoms. The third-order valence-electron chi connectivity index (χ3n) is 2.36. The average Bonchev–Trinajstić information content (AvgIpc) is 2.94. The van der Waals surface area contributed by atoms with Gasteiger partial charge in [0.1, 0.15) is 10.8 Å². The largest absolute Gasteiger partial charge is 0.364 e. The molecule has 0 bridgehead atoms. The summed E-state index contributed by atoms with van der Waals surface area (Å²) in [5, 5.41) is 14.4. The standard InChI is InChI=1S/C10H10N6OS/c1-6-4-12-9(18-6)5-11-7-2-3-8-13-14-10(17)16(8)15-7/h2-4H,5H2,1H3,(H,11,15)(H,14,17). The maximum Gasteiger partial charge on any atom is 0.364 e. The molecule has 0 saturated heterocycles. The van der Waals surface area contributed by atoms with Crippen LogP contribution in [-0.4, -0.2) is 24.8 Å². The fourth-order valence-corrected chi connectivity index (χ4v) is 2.27. The lowest BCUT2D eigenvalue weighted by Gasteiger charge is -2.02. The van der Waals surface area contributed by atoms with Gasteiger partial charge in [0.05, 0.1) is 6.54 Å². The zero-order valence-electron chi connectivity index (χ0n) is 9.54. The first-order valence-corrected chi connectivity index (χ1v) is 6.14. The molecule has 3 aromatic heterocycles. The van der Waals surface area contributed by atoms with Crippen LogP contribution in [0.1, 0.15) is 9.88 Å². The molecule has 0 radical (unpaired) electrons. The number of thiazole rings is 1. The number of hydrogen-bond acceptors (Lipinski definition) is 6. The molecule has 92 valence electrons. The molecule has 0 spiro atoms. The van der Waals surface area contributed by atoms with E-state index in [9.17, 15) is 4.79 Å². The Bertz CT molecular complexity index is 742. The lowest BCUT2D eigenvalue weighted by molar-refractivity contribution is 0.874. The van der Waals surface area contributed by atoms with E-state index in [1.165, 1.54) is 9.39 Å². The lowest BCUT2D eigenvalue weighted by Crippen LogP contribution is -2.13. The van der Waals surface area contributed by atoms with E-state index in [0.29, 0.717) is 18.0 Å². The highest BCUT2D eigenvalue weighted by molar-refractivity contribution is 7.11. The SMILES string of the molecule is Cc1cnc(CNc2ccc3n[nH]c(=O)n3n2)s1. The molecule has 0 fully saturated rings. The van der Waals surface area contributed by atoms with Gasteiger partial charge in [0, 0.05) is 11.1 Å². The first kappa shape index (κ1) is 10.9. The second-order valence-electron chi connectivity index (χ2n) is 3.74. The van der Waals surface area contributed by atoms with Crippen LogP contribution in [0.3, 0.4) is 0 Å². The number of H-pyrrole nitrogens is 1. The molecule has 3 heterocycles. The van der Waals surface area contributed by atoms with Crippen molar-refractivity contribution in [2.24, 2.45) is 0 Å². The monoisotopic (exact) mass is 262 g/mol. The Labute approximate surface area is 106 Å². The summed E-state index contributed by atoms with van der Waals surface area (Å²) in [6.45, 7) is 2.60. The third kappa shape index (κ3) is 1.97. The van der Waals surface area contributed by atoms with Gasteiger partial charge in [-0.25, -0.2) is 14.9 Å². The Morgan fingerprint density at radius 1 is 1.50 bits per heavy atom. The number of aromatic nitrogens is 5. The maximum atomic E-state index is 11.4. The number of anilines is 1. The van der Waals surface area contributed by atoms with E-state index in [0.717, 1.165) is 5.01 Å². The van der Waals surface area contributed by atoms with E-state index in [1.54, 1.807) is 23.5 Å². The number of aryl methyl sites for hydroxylation is 1. The summed E-state index contributed by atoms with van der Waals surface area (Å²) < 4.78 is 1.22. The number of nitrogens with zero attached hydrogens (tertiary/aromatic N) is 4. The van der Waals surface area contributed by atoms with Crippen molar-refractivity contribution in [1.29, 1.82) is 0 Å². The van der Waals surface area contributed by atoms with Crippen LogP contribution >= 0.6 is 11.3 Å². The van der Waals surface area contributed by atoms with Gasteiger partial charge in [-0.3, -0.25) is 0 Å². The zero-order valence-corrected chi connectivity index (χ0v) is 10.4. The van der Waals surface area contributed by atoms with Crippen molar-refractivity contribution in [2.75, 3.05) is 5.32 Å². The van der Waals surface area contributed by atoms with Crippen LogP contribution in [0.25, 0.3) is 5.65 Å². The number of rotatable bonds is 3. The Balaban J connectivity index is 1.82. The summed E-state index contributed by atoms with van der Waals surface area (Å²) in [5.41, 5.74) is 0.148. The minimum atomic E-state index is -0.348. The van der Waals surface area contributed by atoms with Crippen molar-refractivity contribution >= 4 is 22.8 Å². The first-order valence-electron chi connectivity index (χ1n) is 5.32. The highest BCUT2D eigenvalue weighted by atomic mass is 32.1. The van der Waals surface area contributed by atoms with Gasteiger partial charge in [-0.05, 0) is 19.1 Å². The molecule has 0 atom stereocenters. The first-order chi connectivity index (χ1) is 8.72. The van der Waals surface area contributed by atoms with Crippen molar-refractivity contribution < 1.29 is 0 Å².